The largest absolute Gasteiger partial charge is 0.492 e. The first kappa shape index (κ1) is 24.8. The Labute approximate surface area is 178 Å². The summed E-state index contributed by atoms with van der Waals surface area (Å²) in [4.78, 5) is 18.0. The number of benzene rings is 1. The number of nitrogens with zero attached hydrogens (tertiary/aromatic N) is 2. The van der Waals surface area contributed by atoms with Gasteiger partial charge in [0.05, 0.1) is 6.54 Å². The fraction of sp³-hybridized carbons (Fsp3) is 0.556. The third-order valence-electron chi connectivity index (χ3n) is 3.46. The molecule has 0 radical (unpaired) electrons. The van der Waals surface area contributed by atoms with Gasteiger partial charge in [-0.25, -0.2) is 0 Å². The van der Waals surface area contributed by atoms with Crippen LogP contribution in [0.1, 0.15) is 20.8 Å². The van der Waals surface area contributed by atoms with E-state index in [4.69, 9.17) is 16.3 Å². The van der Waals surface area contributed by atoms with Crippen molar-refractivity contribution in [3.63, 3.8) is 0 Å². The maximum Gasteiger partial charge on any atom is 0.225 e. The third-order valence-corrected chi connectivity index (χ3v) is 3.71. The molecule has 1 rings (SSSR count). The Kier molecular flexibility index (Phi) is 11.6. The van der Waals surface area contributed by atoms with Crippen molar-refractivity contribution in [1.29, 1.82) is 0 Å². The van der Waals surface area contributed by atoms with Crippen LogP contribution in [-0.2, 0) is 4.79 Å². The lowest BCUT2D eigenvalue weighted by Crippen LogP contribution is -2.45. The summed E-state index contributed by atoms with van der Waals surface area (Å²) in [6, 6.07) is 7.28. The summed E-state index contributed by atoms with van der Waals surface area (Å²) < 4.78 is 5.68. The Balaban J connectivity index is 0.00000625. The van der Waals surface area contributed by atoms with Crippen LogP contribution in [0.2, 0.25) is 5.02 Å². The Bertz CT molecular complexity index is 574. The second kappa shape index (κ2) is 12.2. The highest BCUT2D eigenvalue weighted by molar-refractivity contribution is 14.0. The molecule has 8 heteroatoms. The summed E-state index contributed by atoms with van der Waals surface area (Å²) in [5, 5.41) is 6.81. The number of aliphatic imine (C=N–C) groups is 1. The molecule has 1 amide bonds. The van der Waals surface area contributed by atoms with Gasteiger partial charge >= 0.3 is 0 Å². The van der Waals surface area contributed by atoms with E-state index in [1.165, 1.54) is 0 Å². The number of carbonyl (C=O) groups excluding carboxylic acids is 1. The average Bonchev–Trinajstić information content (AvgIpc) is 2.55. The minimum atomic E-state index is -0.378. The maximum atomic E-state index is 11.8. The van der Waals surface area contributed by atoms with Crippen molar-refractivity contribution in [2.75, 3.05) is 40.3 Å². The molecule has 0 aliphatic rings. The zero-order valence-corrected chi connectivity index (χ0v) is 19.2. The molecular weight excluding hydrogens is 467 g/mol. The van der Waals surface area contributed by atoms with Gasteiger partial charge in [0.15, 0.2) is 5.96 Å². The molecule has 148 valence electrons. The molecule has 0 atom stereocenters. The van der Waals surface area contributed by atoms with E-state index >= 15 is 0 Å². The predicted octanol–water partition coefficient (Wildman–Crippen LogP) is 3.01. The minimum absolute atomic E-state index is 0. The zero-order chi connectivity index (χ0) is 18.9. The molecule has 0 fully saturated rings. The summed E-state index contributed by atoms with van der Waals surface area (Å²) in [5.41, 5.74) is -0.378. The highest BCUT2D eigenvalue weighted by Gasteiger charge is 2.20. The van der Waals surface area contributed by atoms with Gasteiger partial charge in [0.1, 0.15) is 12.4 Å². The molecule has 0 heterocycles. The van der Waals surface area contributed by atoms with Crippen molar-refractivity contribution in [3.05, 3.63) is 29.3 Å². The van der Waals surface area contributed by atoms with Gasteiger partial charge in [-0.2, -0.15) is 0 Å². The molecule has 0 saturated heterocycles. The molecular formula is C18H30ClIN4O2. The van der Waals surface area contributed by atoms with Crippen molar-refractivity contribution in [2.24, 2.45) is 10.4 Å². The molecule has 1 aromatic carbocycles. The van der Waals surface area contributed by atoms with Crippen LogP contribution in [0.25, 0.3) is 0 Å². The lowest BCUT2D eigenvalue weighted by molar-refractivity contribution is -0.128. The van der Waals surface area contributed by atoms with Crippen LogP contribution in [0.15, 0.2) is 29.3 Å². The number of amides is 1. The van der Waals surface area contributed by atoms with Gasteiger partial charge in [-0.3, -0.25) is 9.79 Å². The number of hydrogen-bond donors (Lipinski definition) is 2. The van der Waals surface area contributed by atoms with Gasteiger partial charge < -0.3 is 20.3 Å². The van der Waals surface area contributed by atoms with Crippen molar-refractivity contribution in [1.82, 2.24) is 15.5 Å². The molecule has 26 heavy (non-hydrogen) atoms. The van der Waals surface area contributed by atoms with Gasteiger partial charge in [0.2, 0.25) is 5.91 Å². The first-order chi connectivity index (χ1) is 11.7. The first-order valence-electron chi connectivity index (χ1n) is 8.32. The number of halogens is 2. The van der Waals surface area contributed by atoms with E-state index in [-0.39, 0.29) is 35.3 Å². The van der Waals surface area contributed by atoms with Crippen LogP contribution in [-0.4, -0.2) is 57.1 Å². The summed E-state index contributed by atoms with van der Waals surface area (Å²) in [6.45, 7) is 8.03. The van der Waals surface area contributed by atoms with E-state index in [1.807, 2.05) is 44.9 Å². The molecule has 0 saturated carbocycles. The second-order valence-electron chi connectivity index (χ2n) is 6.70. The van der Waals surface area contributed by atoms with Gasteiger partial charge in [-0.15, -0.1) is 24.0 Å². The first-order valence-corrected chi connectivity index (χ1v) is 8.70. The van der Waals surface area contributed by atoms with Crippen molar-refractivity contribution >= 4 is 47.4 Å². The number of nitrogens with one attached hydrogen (secondary N) is 2. The van der Waals surface area contributed by atoms with Crippen molar-refractivity contribution in [3.8, 4) is 5.75 Å². The topological polar surface area (TPSA) is 66.0 Å². The lowest BCUT2D eigenvalue weighted by Gasteiger charge is -2.23. The Morgan fingerprint density at radius 3 is 2.31 bits per heavy atom. The van der Waals surface area contributed by atoms with Crippen LogP contribution >= 0.6 is 35.6 Å². The Morgan fingerprint density at radius 2 is 1.77 bits per heavy atom. The highest BCUT2D eigenvalue weighted by atomic mass is 127. The van der Waals surface area contributed by atoms with Crippen LogP contribution in [0.5, 0.6) is 5.75 Å². The van der Waals surface area contributed by atoms with Crippen molar-refractivity contribution < 1.29 is 9.53 Å². The molecule has 0 aromatic heterocycles. The van der Waals surface area contributed by atoms with E-state index in [0.717, 1.165) is 11.7 Å². The SMILES string of the molecule is CN=C(NCCNC(=O)C(C)(C)C)N(C)CCOc1ccc(Cl)cc1.I. The molecule has 2 N–H and O–H groups in total. The number of ether oxygens (including phenoxy) is 1. The van der Waals surface area contributed by atoms with Crippen LogP contribution in [0, 0.1) is 5.41 Å². The van der Waals surface area contributed by atoms with Gasteiger partial charge in [0.25, 0.3) is 0 Å². The number of likely N-dealkylation sites (N-methyl/N-ethyl adjacent to an activating group) is 1. The van der Waals surface area contributed by atoms with E-state index in [1.54, 1.807) is 19.2 Å². The maximum absolute atomic E-state index is 11.8. The van der Waals surface area contributed by atoms with E-state index in [9.17, 15) is 4.79 Å². The van der Waals surface area contributed by atoms with Gasteiger partial charge in [-0.1, -0.05) is 32.4 Å². The molecule has 0 aliphatic heterocycles. The van der Waals surface area contributed by atoms with E-state index in [2.05, 4.69) is 15.6 Å². The Morgan fingerprint density at radius 1 is 1.19 bits per heavy atom. The Hall–Kier alpha value is -1.22. The molecule has 0 spiro atoms. The zero-order valence-electron chi connectivity index (χ0n) is 16.1. The predicted molar refractivity (Wildman–Crippen MR) is 119 cm³/mol. The normalized spacial score (nSPS) is 11.4. The summed E-state index contributed by atoms with van der Waals surface area (Å²) >= 11 is 5.85. The number of carbonyl (C=O) groups is 1. The van der Waals surface area contributed by atoms with Crippen LogP contribution in [0.4, 0.5) is 0 Å². The number of rotatable bonds is 7. The third kappa shape index (κ3) is 9.47. The van der Waals surface area contributed by atoms with E-state index in [0.29, 0.717) is 31.3 Å². The lowest BCUT2D eigenvalue weighted by atomic mass is 9.96. The van der Waals surface area contributed by atoms with Crippen LogP contribution in [0.3, 0.4) is 0 Å². The minimum Gasteiger partial charge on any atom is -0.492 e. The van der Waals surface area contributed by atoms with Crippen molar-refractivity contribution in [2.45, 2.75) is 20.8 Å². The van der Waals surface area contributed by atoms with Gasteiger partial charge in [0, 0.05) is 37.6 Å². The smallest absolute Gasteiger partial charge is 0.225 e. The molecule has 0 aliphatic carbocycles. The summed E-state index contributed by atoms with van der Waals surface area (Å²) in [5.74, 6) is 1.57. The molecule has 1 aromatic rings. The van der Waals surface area contributed by atoms with Gasteiger partial charge in [-0.05, 0) is 24.3 Å². The molecule has 0 unspecified atom stereocenters. The summed E-state index contributed by atoms with van der Waals surface area (Å²) in [6.07, 6.45) is 0. The second-order valence-corrected chi connectivity index (χ2v) is 7.14. The molecule has 6 nitrogen and oxygen atoms in total. The monoisotopic (exact) mass is 496 g/mol. The number of guanidine groups is 1. The molecule has 0 bridgehead atoms. The average molecular weight is 497 g/mol. The summed E-state index contributed by atoms with van der Waals surface area (Å²) in [7, 11) is 3.67. The number of hydrogen-bond acceptors (Lipinski definition) is 3. The highest BCUT2D eigenvalue weighted by Crippen LogP contribution is 2.15. The fourth-order valence-corrected chi connectivity index (χ4v) is 2.06. The fourth-order valence-electron chi connectivity index (χ4n) is 1.94. The quantitative estimate of drug-likeness (QED) is 0.264. The standard InChI is InChI=1S/C18H29ClN4O2.HI/c1-18(2,3)16(24)21-10-11-22-17(20-4)23(5)12-13-25-15-8-6-14(19)7-9-15;/h6-9H,10-13H2,1-5H3,(H,20,22)(H,21,24);1H. The van der Waals surface area contributed by atoms with E-state index < -0.39 is 0 Å². The van der Waals surface area contributed by atoms with Crippen LogP contribution < -0.4 is 15.4 Å².